The van der Waals surface area contributed by atoms with E-state index in [9.17, 15) is 8.78 Å². The lowest BCUT2D eigenvalue weighted by molar-refractivity contribution is 0.0816. The molecule has 0 aliphatic carbocycles. The van der Waals surface area contributed by atoms with Gasteiger partial charge in [-0.2, -0.15) is 10.4 Å². The Morgan fingerprint density at radius 2 is 2.35 bits per heavy atom. The molecule has 2 aromatic rings. The number of hydrogen-bond donors (Lipinski definition) is 0. The van der Waals surface area contributed by atoms with Gasteiger partial charge in [0.25, 0.3) is 6.43 Å². The smallest absolute Gasteiger partial charge is 0.272 e. The second kappa shape index (κ2) is 4.67. The van der Waals surface area contributed by atoms with E-state index in [2.05, 4.69) is 21.0 Å². The first-order valence-electron chi connectivity index (χ1n) is 4.59. The van der Waals surface area contributed by atoms with Gasteiger partial charge in [0.1, 0.15) is 18.4 Å². The van der Waals surface area contributed by atoms with Crippen molar-refractivity contribution in [1.29, 1.82) is 5.26 Å². The fourth-order valence-corrected chi connectivity index (χ4v) is 1.99. The number of aromatic nitrogens is 2. The zero-order valence-corrected chi connectivity index (χ0v) is 9.99. The summed E-state index contributed by atoms with van der Waals surface area (Å²) in [6.07, 6.45) is 0.317. The lowest BCUT2D eigenvalue weighted by atomic mass is 10.3. The van der Waals surface area contributed by atoms with Crippen LogP contribution in [0.2, 0.25) is 0 Å². The van der Waals surface area contributed by atoms with Crippen molar-refractivity contribution in [3.05, 3.63) is 28.5 Å². The van der Waals surface area contributed by atoms with Crippen molar-refractivity contribution >= 4 is 21.4 Å². The van der Waals surface area contributed by atoms with Crippen molar-refractivity contribution in [2.45, 2.75) is 6.43 Å². The van der Waals surface area contributed by atoms with Crippen LogP contribution in [0.25, 0.3) is 5.52 Å². The molecule has 2 rings (SSSR count). The fourth-order valence-electron chi connectivity index (χ4n) is 1.37. The first-order valence-corrected chi connectivity index (χ1v) is 5.39. The molecule has 0 saturated heterocycles. The zero-order valence-electron chi connectivity index (χ0n) is 8.40. The maximum atomic E-state index is 12.0. The quantitative estimate of drug-likeness (QED) is 0.875. The molecule has 0 amide bonds. The van der Waals surface area contributed by atoms with E-state index in [1.807, 2.05) is 6.07 Å². The van der Waals surface area contributed by atoms with Crippen molar-refractivity contribution in [3.8, 4) is 11.8 Å². The third kappa shape index (κ3) is 2.36. The maximum absolute atomic E-state index is 12.0. The highest BCUT2D eigenvalue weighted by atomic mass is 79.9. The van der Waals surface area contributed by atoms with E-state index in [0.29, 0.717) is 15.6 Å². The average molecular weight is 302 g/mol. The first-order chi connectivity index (χ1) is 8.11. The monoisotopic (exact) mass is 301 g/mol. The number of rotatable bonds is 3. The molecule has 0 unspecified atom stereocenters. The molecule has 2 heterocycles. The Kier molecular flexibility index (Phi) is 3.24. The Hall–Kier alpha value is -1.68. The average Bonchev–Trinajstić information content (AvgIpc) is 2.69. The molecule has 0 fully saturated rings. The molecular formula is C10H6BrF2N3O. The molecule has 88 valence electrons. The maximum Gasteiger partial charge on any atom is 0.272 e. The van der Waals surface area contributed by atoms with Crippen LogP contribution in [0.1, 0.15) is 5.56 Å². The molecule has 0 bridgehead atoms. The van der Waals surface area contributed by atoms with Gasteiger partial charge in [0.2, 0.25) is 0 Å². The molecule has 0 radical (unpaired) electrons. The summed E-state index contributed by atoms with van der Waals surface area (Å²) in [4.78, 5) is 0. The van der Waals surface area contributed by atoms with Crippen LogP contribution in [0.15, 0.2) is 22.9 Å². The summed E-state index contributed by atoms with van der Waals surface area (Å²) in [6.45, 7) is -0.676. The van der Waals surface area contributed by atoms with Crippen LogP contribution in [0.4, 0.5) is 8.78 Å². The van der Waals surface area contributed by atoms with Gasteiger partial charge >= 0.3 is 0 Å². The molecule has 0 N–H and O–H groups in total. The minimum Gasteiger partial charge on any atom is -0.486 e. The first kappa shape index (κ1) is 11.8. The van der Waals surface area contributed by atoms with Gasteiger partial charge in [0.15, 0.2) is 0 Å². The summed E-state index contributed by atoms with van der Waals surface area (Å²) in [6, 6.07) is 3.51. The molecule has 0 aliphatic heterocycles. The van der Waals surface area contributed by atoms with E-state index >= 15 is 0 Å². The summed E-state index contributed by atoms with van der Waals surface area (Å²) < 4.78 is 30.8. The van der Waals surface area contributed by atoms with Crippen LogP contribution in [0.3, 0.4) is 0 Å². The van der Waals surface area contributed by atoms with Gasteiger partial charge in [-0.1, -0.05) is 0 Å². The van der Waals surface area contributed by atoms with E-state index < -0.39 is 13.0 Å². The molecule has 17 heavy (non-hydrogen) atoms. The molecule has 7 heteroatoms. The lowest BCUT2D eigenvalue weighted by Crippen LogP contribution is -2.07. The number of halogens is 3. The molecule has 2 aromatic heterocycles. The zero-order chi connectivity index (χ0) is 12.4. The van der Waals surface area contributed by atoms with Gasteiger partial charge in [-0.3, -0.25) is 0 Å². The highest BCUT2D eigenvalue weighted by molar-refractivity contribution is 9.10. The summed E-state index contributed by atoms with van der Waals surface area (Å²) in [5, 5.41) is 12.8. The van der Waals surface area contributed by atoms with Crippen LogP contribution in [-0.2, 0) is 0 Å². The number of alkyl halides is 2. The van der Waals surface area contributed by atoms with Gasteiger partial charge < -0.3 is 4.74 Å². The minimum atomic E-state index is -2.53. The summed E-state index contributed by atoms with van der Waals surface area (Å²) in [5.41, 5.74) is 0.981. The highest BCUT2D eigenvalue weighted by Crippen LogP contribution is 2.26. The summed E-state index contributed by atoms with van der Waals surface area (Å²) >= 11 is 3.25. The Labute approximate surface area is 104 Å². The number of hydrogen-bond acceptors (Lipinski definition) is 3. The Bertz CT molecular complexity index is 591. The van der Waals surface area contributed by atoms with Crippen molar-refractivity contribution in [1.82, 2.24) is 9.61 Å². The topological polar surface area (TPSA) is 50.3 Å². The number of fused-ring (bicyclic) bond motifs is 1. The predicted molar refractivity (Wildman–Crippen MR) is 59.1 cm³/mol. The van der Waals surface area contributed by atoms with E-state index in [1.165, 1.54) is 23.0 Å². The Balaban J connectivity index is 2.40. The lowest BCUT2D eigenvalue weighted by Gasteiger charge is -2.06. The second-order valence-electron chi connectivity index (χ2n) is 3.19. The fraction of sp³-hybridized carbons (Fsp3) is 0.200. The number of pyridine rings is 1. The highest BCUT2D eigenvalue weighted by Gasteiger charge is 2.11. The van der Waals surface area contributed by atoms with Gasteiger partial charge in [0.05, 0.1) is 23.5 Å². The van der Waals surface area contributed by atoms with Crippen LogP contribution >= 0.6 is 15.9 Å². The van der Waals surface area contributed by atoms with Crippen LogP contribution in [-0.4, -0.2) is 22.6 Å². The van der Waals surface area contributed by atoms with Crippen molar-refractivity contribution in [2.75, 3.05) is 6.61 Å². The van der Waals surface area contributed by atoms with Crippen LogP contribution in [0.5, 0.6) is 5.75 Å². The number of nitrogens with zero attached hydrogens (tertiary/aromatic N) is 3. The Morgan fingerprint density at radius 3 is 3.00 bits per heavy atom. The minimum absolute atomic E-state index is 0.261. The SMILES string of the molecule is N#Cc1cnn2cc(OCC(F)F)cc(Br)c12. The summed E-state index contributed by atoms with van der Waals surface area (Å²) in [7, 11) is 0. The van der Waals surface area contributed by atoms with Gasteiger partial charge in [-0.05, 0) is 22.0 Å². The molecular weight excluding hydrogens is 296 g/mol. The molecule has 4 nitrogen and oxygen atoms in total. The van der Waals surface area contributed by atoms with Gasteiger partial charge in [-0.15, -0.1) is 0 Å². The van der Waals surface area contributed by atoms with E-state index in [-0.39, 0.29) is 5.75 Å². The van der Waals surface area contributed by atoms with E-state index in [4.69, 9.17) is 10.00 Å². The molecule has 0 spiro atoms. The van der Waals surface area contributed by atoms with Gasteiger partial charge in [0, 0.05) is 4.47 Å². The molecule has 0 atom stereocenters. The van der Waals surface area contributed by atoms with Crippen LogP contribution < -0.4 is 4.74 Å². The molecule has 0 aromatic carbocycles. The van der Waals surface area contributed by atoms with Crippen molar-refractivity contribution in [3.63, 3.8) is 0 Å². The third-order valence-electron chi connectivity index (χ3n) is 2.04. The second-order valence-corrected chi connectivity index (χ2v) is 4.04. The van der Waals surface area contributed by atoms with E-state index in [1.54, 1.807) is 0 Å². The molecule has 0 saturated carbocycles. The normalized spacial score (nSPS) is 10.8. The molecule has 0 aliphatic rings. The van der Waals surface area contributed by atoms with Crippen molar-refractivity contribution in [2.24, 2.45) is 0 Å². The van der Waals surface area contributed by atoms with Gasteiger partial charge in [-0.25, -0.2) is 13.3 Å². The summed E-state index contributed by atoms with van der Waals surface area (Å²) in [5.74, 6) is 0.261. The Morgan fingerprint density at radius 1 is 1.59 bits per heavy atom. The van der Waals surface area contributed by atoms with E-state index in [0.717, 1.165) is 0 Å². The number of nitriles is 1. The standard InChI is InChI=1S/C10H6BrF2N3O/c11-8-1-7(17-5-9(12)13)4-16-10(8)6(2-14)3-15-16/h1,3-4,9H,5H2. The van der Waals surface area contributed by atoms with Crippen molar-refractivity contribution < 1.29 is 13.5 Å². The van der Waals surface area contributed by atoms with Crippen LogP contribution in [0, 0.1) is 11.3 Å². The predicted octanol–water partition coefficient (Wildman–Crippen LogP) is 2.61. The number of ether oxygens (including phenoxy) is 1. The largest absolute Gasteiger partial charge is 0.486 e. The third-order valence-corrected chi connectivity index (χ3v) is 2.64.